The molecule has 2 unspecified atom stereocenters. The van der Waals surface area contributed by atoms with Crippen LogP contribution in [0.5, 0.6) is 34.5 Å². The van der Waals surface area contributed by atoms with Crippen LogP contribution in [0.25, 0.3) is 6.08 Å². The number of rotatable bonds is 19. The molecule has 278 valence electrons. The largest absolute Gasteiger partial charge is 0.497 e. The van der Waals surface area contributed by atoms with E-state index in [0.29, 0.717) is 65.9 Å². The minimum atomic E-state index is -0.555. The molecule has 11 nitrogen and oxygen atoms in total. The number of carbonyl (C=O) groups excluding carboxylic acids is 4. The van der Waals surface area contributed by atoms with Gasteiger partial charge >= 0.3 is 23.9 Å². The molecule has 0 aromatic heterocycles. The van der Waals surface area contributed by atoms with E-state index >= 15 is 0 Å². The average molecular weight is 725 g/mol. The smallest absolute Gasteiger partial charge is 0.343 e. The van der Waals surface area contributed by atoms with E-state index in [-0.39, 0.29) is 19.0 Å². The van der Waals surface area contributed by atoms with Crippen LogP contribution in [0.15, 0.2) is 103 Å². The highest BCUT2D eigenvalue weighted by atomic mass is 16.5. The predicted octanol–water partition coefficient (Wildman–Crippen LogP) is 7.90. The molecule has 4 aromatic rings. The van der Waals surface area contributed by atoms with E-state index in [1.807, 2.05) is 19.1 Å². The first-order valence-corrected chi connectivity index (χ1v) is 17.3. The van der Waals surface area contributed by atoms with Crippen LogP contribution in [0.2, 0.25) is 0 Å². The van der Waals surface area contributed by atoms with Crippen molar-refractivity contribution in [3.05, 3.63) is 114 Å². The van der Waals surface area contributed by atoms with Crippen LogP contribution in [0.3, 0.4) is 0 Å². The lowest BCUT2D eigenvalue weighted by Gasteiger charge is -2.18. The number of hydrogen-bond acceptors (Lipinski definition) is 11. The van der Waals surface area contributed by atoms with Gasteiger partial charge in [-0.05, 0) is 122 Å². The Kier molecular flexibility index (Phi) is 15.5. The third-order valence-electron chi connectivity index (χ3n) is 8.07. The van der Waals surface area contributed by atoms with Crippen LogP contribution in [-0.4, -0.2) is 51.3 Å². The van der Waals surface area contributed by atoms with Gasteiger partial charge in [-0.1, -0.05) is 26.0 Å². The number of ether oxygens (including phenoxy) is 7. The standard InChI is InChI=1S/C42H44O11/c1-5-31(41(45)52-38-23-21-36(22-24-38)51-39(43)25-10-30-8-13-33(47-3)14-9-30)28-29(2)40(44)50-27-7-6-26-49-35-15-11-32(12-16-35)42(46)53-37-19-17-34(48-4)18-20-37/h8-25,29,31H,5-7,26-28H2,1-4H3/b25-10+. The zero-order valence-corrected chi connectivity index (χ0v) is 30.3. The molecule has 4 rings (SSSR count). The molecule has 0 spiro atoms. The van der Waals surface area contributed by atoms with Crippen molar-refractivity contribution < 1.29 is 52.3 Å². The maximum absolute atomic E-state index is 12.9. The Morgan fingerprint density at radius 1 is 0.604 bits per heavy atom. The van der Waals surface area contributed by atoms with Gasteiger partial charge in [0.25, 0.3) is 0 Å². The molecule has 0 fully saturated rings. The summed E-state index contributed by atoms with van der Waals surface area (Å²) < 4.78 is 37.7. The van der Waals surface area contributed by atoms with Crippen molar-refractivity contribution in [1.29, 1.82) is 0 Å². The van der Waals surface area contributed by atoms with Crippen LogP contribution < -0.4 is 28.4 Å². The summed E-state index contributed by atoms with van der Waals surface area (Å²) in [6.07, 6.45) is 4.94. The summed E-state index contributed by atoms with van der Waals surface area (Å²) in [6, 6.07) is 26.7. The van der Waals surface area contributed by atoms with Crippen molar-refractivity contribution in [2.45, 2.75) is 39.5 Å². The van der Waals surface area contributed by atoms with Gasteiger partial charge in [-0.3, -0.25) is 9.59 Å². The molecule has 0 heterocycles. The number of esters is 4. The summed E-state index contributed by atoms with van der Waals surface area (Å²) >= 11 is 0. The summed E-state index contributed by atoms with van der Waals surface area (Å²) in [5.41, 5.74) is 1.20. The van der Waals surface area contributed by atoms with E-state index in [0.717, 1.165) is 5.56 Å². The van der Waals surface area contributed by atoms with E-state index in [9.17, 15) is 19.2 Å². The highest BCUT2D eigenvalue weighted by Crippen LogP contribution is 2.24. The molecule has 0 aliphatic heterocycles. The van der Waals surface area contributed by atoms with Crippen molar-refractivity contribution >= 4 is 30.0 Å². The van der Waals surface area contributed by atoms with Gasteiger partial charge in [-0.15, -0.1) is 0 Å². The molecule has 0 aliphatic rings. The zero-order chi connectivity index (χ0) is 38.0. The van der Waals surface area contributed by atoms with Crippen molar-refractivity contribution in [1.82, 2.24) is 0 Å². The van der Waals surface area contributed by atoms with Gasteiger partial charge in [0.2, 0.25) is 0 Å². The Morgan fingerprint density at radius 3 is 1.70 bits per heavy atom. The monoisotopic (exact) mass is 724 g/mol. The van der Waals surface area contributed by atoms with Crippen LogP contribution in [0.1, 0.15) is 55.5 Å². The van der Waals surface area contributed by atoms with Gasteiger partial charge in [0, 0.05) is 6.08 Å². The van der Waals surface area contributed by atoms with Gasteiger partial charge in [0.15, 0.2) is 0 Å². The van der Waals surface area contributed by atoms with Crippen LogP contribution in [-0.2, 0) is 19.1 Å². The SMILES string of the molecule is CCC(CC(C)C(=O)OCCCCOc1ccc(C(=O)Oc2ccc(OC)cc2)cc1)C(=O)Oc1ccc(OC(=O)/C=C/c2ccc(OC)cc2)cc1. The molecular weight excluding hydrogens is 680 g/mol. The molecular formula is C42H44O11. The van der Waals surface area contributed by atoms with Gasteiger partial charge < -0.3 is 33.2 Å². The number of carbonyl (C=O) groups is 4. The van der Waals surface area contributed by atoms with Gasteiger partial charge in [-0.25, -0.2) is 9.59 Å². The minimum Gasteiger partial charge on any atom is -0.497 e. The zero-order valence-electron chi connectivity index (χ0n) is 30.3. The molecule has 11 heteroatoms. The molecule has 0 saturated heterocycles. The second-order valence-corrected chi connectivity index (χ2v) is 12.0. The molecule has 2 atom stereocenters. The van der Waals surface area contributed by atoms with Gasteiger partial charge in [0.05, 0.1) is 44.8 Å². The lowest BCUT2D eigenvalue weighted by Crippen LogP contribution is -2.26. The molecule has 0 amide bonds. The maximum atomic E-state index is 12.9. The Bertz CT molecular complexity index is 1800. The third kappa shape index (κ3) is 13.2. The summed E-state index contributed by atoms with van der Waals surface area (Å²) in [6.45, 7) is 4.20. The lowest BCUT2D eigenvalue weighted by molar-refractivity contribution is -0.149. The third-order valence-corrected chi connectivity index (χ3v) is 8.07. The number of unbranched alkanes of at least 4 members (excludes halogenated alkanes) is 1. The van der Waals surface area contributed by atoms with Crippen molar-refractivity contribution in [2.75, 3.05) is 27.4 Å². The van der Waals surface area contributed by atoms with Crippen molar-refractivity contribution in [2.24, 2.45) is 11.8 Å². The fourth-order valence-corrected chi connectivity index (χ4v) is 4.96. The van der Waals surface area contributed by atoms with E-state index in [1.165, 1.54) is 30.3 Å². The first-order valence-electron chi connectivity index (χ1n) is 17.3. The molecule has 53 heavy (non-hydrogen) atoms. The summed E-state index contributed by atoms with van der Waals surface area (Å²) in [7, 11) is 3.14. The molecule has 0 bridgehead atoms. The average Bonchev–Trinajstić information content (AvgIpc) is 3.18. The van der Waals surface area contributed by atoms with E-state index in [4.69, 9.17) is 33.2 Å². The lowest BCUT2D eigenvalue weighted by atomic mass is 9.94. The molecule has 4 aromatic carbocycles. The number of hydrogen-bond donors (Lipinski definition) is 0. The topological polar surface area (TPSA) is 133 Å². The molecule has 0 radical (unpaired) electrons. The highest BCUT2D eigenvalue weighted by molar-refractivity contribution is 5.91. The Balaban J connectivity index is 1.10. The second kappa shape index (κ2) is 20.7. The van der Waals surface area contributed by atoms with Gasteiger partial charge in [-0.2, -0.15) is 0 Å². The van der Waals surface area contributed by atoms with E-state index < -0.39 is 29.7 Å². The minimum absolute atomic E-state index is 0.220. The van der Waals surface area contributed by atoms with E-state index in [1.54, 1.807) is 87.9 Å². The highest BCUT2D eigenvalue weighted by Gasteiger charge is 2.26. The number of benzene rings is 4. The van der Waals surface area contributed by atoms with Crippen molar-refractivity contribution in [3.63, 3.8) is 0 Å². The molecule has 0 N–H and O–H groups in total. The van der Waals surface area contributed by atoms with Crippen LogP contribution in [0.4, 0.5) is 0 Å². The first-order chi connectivity index (χ1) is 25.7. The summed E-state index contributed by atoms with van der Waals surface area (Å²) in [5, 5.41) is 0. The van der Waals surface area contributed by atoms with Crippen LogP contribution in [0, 0.1) is 11.8 Å². The molecule has 0 saturated carbocycles. The second-order valence-electron chi connectivity index (χ2n) is 12.0. The Labute approximate surface area is 309 Å². The van der Waals surface area contributed by atoms with E-state index in [2.05, 4.69) is 0 Å². The first kappa shape index (κ1) is 39.7. The fourth-order valence-electron chi connectivity index (χ4n) is 4.96. The Morgan fingerprint density at radius 2 is 1.11 bits per heavy atom. The number of methoxy groups -OCH3 is 2. The summed E-state index contributed by atoms with van der Waals surface area (Å²) in [4.78, 5) is 50.2. The Hall–Kier alpha value is -6.10. The quantitative estimate of drug-likeness (QED) is 0.0405. The van der Waals surface area contributed by atoms with Crippen molar-refractivity contribution in [3.8, 4) is 34.5 Å². The normalized spacial score (nSPS) is 11.9. The van der Waals surface area contributed by atoms with Gasteiger partial charge in [0.1, 0.15) is 34.5 Å². The van der Waals surface area contributed by atoms with Crippen LogP contribution >= 0.6 is 0 Å². The molecule has 0 aliphatic carbocycles. The maximum Gasteiger partial charge on any atom is 0.343 e. The fraction of sp³-hybridized carbons (Fsp3) is 0.286. The predicted molar refractivity (Wildman–Crippen MR) is 197 cm³/mol. The summed E-state index contributed by atoms with van der Waals surface area (Å²) in [5.74, 6) is 0.0780.